The van der Waals surface area contributed by atoms with E-state index in [-0.39, 0.29) is 11.4 Å². The fourth-order valence-corrected chi connectivity index (χ4v) is 6.12. The molecule has 5 rings (SSSR count). The number of halogens is 3. The van der Waals surface area contributed by atoms with Gasteiger partial charge in [-0.3, -0.25) is 4.79 Å². The summed E-state index contributed by atoms with van der Waals surface area (Å²) >= 11 is 3.01. The third kappa shape index (κ3) is 4.30. The van der Waals surface area contributed by atoms with E-state index in [1.54, 1.807) is 11.3 Å². The van der Waals surface area contributed by atoms with E-state index in [4.69, 9.17) is 9.97 Å². The number of thioether (sulfide) groups is 1. The Balaban J connectivity index is 1.40. The van der Waals surface area contributed by atoms with Crippen LogP contribution < -0.4 is 5.32 Å². The maximum Gasteiger partial charge on any atom is 0.418 e. The molecule has 4 nitrogen and oxygen atoms in total. The fraction of sp³-hybridized carbons (Fsp3) is 0.409. The van der Waals surface area contributed by atoms with Crippen LogP contribution in [0.2, 0.25) is 0 Å². The molecule has 0 aliphatic heterocycles. The molecule has 1 amide bonds. The van der Waals surface area contributed by atoms with E-state index in [0.717, 1.165) is 59.2 Å². The molecular weight excluding hydrogens is 443 g/mol. The first-order valence-electron chi connectivity index (χ1n) is 10.3. The molecule has 3 aromatic rings. The van der Waals surface area contributed by atoms with Gasteiger partial charge in [-0.1, -0.05) is 23.9 Å². The Morgan fingerprint density at radius 3 is 2.71 bits per heavy atom. The lowest BCUT2D eigenvalue weighted by Gasteiger charge is -2.14. The van der Waals surface area contributed by atoms with Gasteiger partial charge in [-0.15, -0.1) is 11.3 Å². The first-order chi connectivity index (χ1) is 14.9. The van der Waals surface area contributed by atoms with Crippen molar-refractivity contribution in [2.24, 2.45) is 0 Å². The number of fused-ring (bicyclic) bond motifs is 3. The molecule has 0 unspecified atom stereocenters. The molecular formula is C22H20F3N3OS2. The zero-order chi connectivity index (χ0) is 21.6. The highest BCUT2D eigenvalue weighted by Crippen LogP contribution is 2.44. The molecule has 0 spiro atoms. The van der Waals surface area contributed by atoms with E-state index >= 15 is 0 Å². The minimum absolute atomic E-state index is 0.00691. The standard InChI is InChI=1S/C22H20F3N3OS2/c23-22(24,25)14-6-2-3-7-15(14)26-17(29)11-30-20-18-13-5-1-4-8-16(13)31-21(18)28-19(27-20)12-9-10-12/h2-3,6-7,12H,1,4-5,8-11H2,(H,26,29). The number of amides is 1. The number of thiophene rings is 1. The zero-order valence-electron chi connectivity index (χ0n) is 16.6. The number of nitrogens with zero attached hydrogens (tertiary/aromatic N) is 2. The van der Waals surface area contributed by atoms with Gasteiger partial charge in [0.2, 0.25) is 5.91 Å². The summed E-state index contributed by atoms with van der Waals surface area (Å²) in [7, 11) is 0. The van der Waals surface area contributed by atoms with Gasteiger partial charge in [0.05, 0.1) is 17.0 Å². The average Bonchev–Trinajstić information content (AvgIpc) is 3.52. The van der Waals surface area contributed by atoms with Gasteiger partial charge in [-0.05, 0) is 56.2 Å². The monoisotopic (exact) mass is 463 g/mol. The summed E-state index contributed by atoms with van der Waals surface area (Å²) in [5, 5.41) is 4.24. The number of hydrogen-bond donors (Lipinski definition) is 1. The van der Waals surface area contributed by atoms with E-state index in [1.807, 2.05) is 0 Å². The molecule has 0 bridgehead atoms. The Kier molecular flexibility index (Phi) is 5.42. The first kappa shape index (κ1) is 20.8. The van der Waals surface area contributed by atoms with Crippen molar-refractivity contribution in [2.45, 2.75) is 55.6 Å². The van der Waals surface area contributed by atoms with Gasteiger partial charge < -0.3 is 5.32 Å². The third-order valence-corrected chi connectivity index (χ3v) is 7.75. The van der Waals surface area contributed by atoms with Gasteiger partial charge in [0.15, 0.2) is 0 Å². The third-order valence-electron chi connectivity index (χ3n) is 5.59. The second-order valence-electron chi connectivity index (χ2n) is 7.93. The number of anilines is 1. The molecule has 2 aromatic heterocycles. The molecule has 2 heterocycles. The number of rotatable bonds is 5. The normalized spacial score (nSPS) is 16.4. The number of carbonyl (C=O) groups is 1. The number of nitrogens with one attached hydrogen (secondary N) is 1. The molecule has 2 aliphatic carbocycles. The van der Waals surface area contributed by atoms with Crippen molar-refractivity contribution in [2.75, 3.05) is 11.1 Å². The van der Waals surface area contributed by atoms with Crippen molar-refractivity contribution in [1.29, 1.82) is 0 Å². The second kappa shape index (κ2) is 8.09. The summed E-state index contributed by atoms with van der Waals surface area (Å²) in [5.41, 5.74) is 0.222. The highest BCUT2D eigenvalue weighted by atomic mass is 32.2. The quantitative estimate of drug-likeness (QED) is 0.362. The van der Waals surface area contributed by atoms with E-state index in [9.17, 15) is 18.0 Å². The molecule has 0 atom stereocenters. The lowest BCUT2D eigenvalue weighted by molar-refractivity contribution is -0.137. The molecule has 162 valence electrons. The first-order valence-corrected chi connectivity index (χ1v) is 12.1. The van der Waals surface area contributed by atoms with E-state index in [0.29, 0.717) is 5.92 Å². The Morgan fingerprint density at radius 1 is 1.16 bits per heavy atom. The van der Waals surface area contributed by atoms with Crippen molar-refractivity contribution < 1.29 is 18.0 Å². The van der Waals surface area contributed by atoms with Gasteiger partial charge >= 0.3 is 6.18 Å². The highest BCUT2D eigenvalue weighted by Gasteiger charge is 2.34. The molecule has 0 radical (unpaired) electrons. The lowest BCUT2D eigenvalue weighted by atomic mass is 9.97. The molecule has 1 aromatic carbocycles. The van der Waals surface area contributed by atoms with Crippen LogP contribution in [0.4, 0.5) is 18.9 Å². The van der Waals surface area contributed by atoms with Crippen molar-refractivity contribution in [3.05, 3.63) is 46.1 Å². The lowest BCUT2D eigenvalue weighted by Crippen LogP contribution is -2.18. The number of benzene rings is 1. The Labute approximate surface area is 185 Å². The summed E-state index contributed by atoms with van der Waals surface area (Å²) in [6.07, 6.45) is 1.97. The predicted octanol–water partition coefficient (Wildman–Crippen LogP) is 6.20. The van der Waals surface area contributed by atoms with Crippen molar-refractivity contribution in [1.82, 2.24) is 9.97 Å². The van der Waals surface area contributed by atoms with E-state index < -0.39 is 17.6 Å². The average molecular weight is 464 g/mol. The van der Waals surface area contributed by atoms with Crippen LogP contribution in [0.15, 0.2) is 29.3 Å². The van der Waals surface area contributed by atoms with Crippen molar-refractivity contribution >= 4 is 44.9 Å². The smallest absolute Gasteiger partial charge is 0.325 e. The SMILES string of the molecule is O=C(CSc1nc(C2CC2)nc2sc3c(c12)CCCC3)Nc1ccccc1C(F)(F)F. The number of para-hydroxylation sites is 1. The van der Waals surface area contributed by atoms with Gasteiger partial charge in [0.25, 0.3) is 0 Å². The number of alkyl halides is 3. The molecule has 31 heavy (non-hydrogen) atoms. The summed E-state index contributed by atoms with van der Waals surface area (Å²) in [6.45, 7) is 0. The summed E-state index contributed by atoms with van der Waals surface area (Å²) in [5.74, 6) is 0.727. The van der Waals surface area contributed by atoms with Crippen LogP contribution in [0.3, 0.4) is 0 Å². The second-order valence-corrected chi connectivity index (χ2v) is 9.98. The Morgan fingerprint density at radius 2 is 1.94 bits per heavy atom. The minimum atomic E-state index is -4.52. The topological polar surface area (TPSA) is 54.9 Å². The van der Waals surface area contributed by atoms with Gasteiger partial charge in [-0.2, -0.15) is 13.2 Å². The molecule has 1 N–H and O–H groups in total. The summed E-state index contributed by atoms with van der Waals surface area (Å²) < 4.78 is 39.6. The van der Waals surface area contributed by atoms with Crippen LogP contribution in [0.25, 0.3) is 10.2 Å². The number of aryl methyl sites for hydroxylation is 2. The fourth-order valence-electron chi connectivity index (χ4n) is 3.93. The van der Waals surface area contributed by atoms with Crippen molar-refractivity contribution in [3.63, 3.8) is 0 Å². The number of aromatic nitrogens is 2. The van der Waals surface area contributed by atoms with Crippen LogP contribution >= 0.6 is 23.1 Å². The minimum Gasteiger partial charge on any atom is -0.325 e. The Hall–Kier alpha value is -2.13. The van der Waals surface area contributed by atoms with Crippen LogP contribution in [-0.2, 0) is 23.8 Å². The zero-order valence-corrected chi connectivity index (χ0v) is 18.2. The molecule has 9 heteroatoms. The maximum absolute atomic E-state index is 13.2. The molecule has 1 saturated carbocycles. The molecule has 1 fully saturated rings. The van der Waals surface area contributed by atoms with Crippen LogP contribution in [0.5, 0.6) is 0 Å². The predicted molar refractivity (Wildman–Crippen MR) is 117 cm³/mol. The molecule has 2 aliphatic rings. The van der Waals surface area contributed by atoms with Crippen LogP contribution in [-0.4, -0.2) is 21.6 Å². The van der Waals surface area contributed by atoms with E-state index in [2.05, 4.69) is 5.32 Å². The summed E-state index contributed by atoms with van der Waals surface area (Å²) in [4.78, 5) is 24.4. The van der Waals surface area contributed by atoms with Gasteiger partial charge in [0, 0.05) is 16.2 Å². The van der Waals surface area contributed by atoms with Crippen LogP contribution in [0, 0.1) is 0 Å². The van der Waals surface area contributed by atoms with Gasteiger partial charge in [-0.25, -0.2) is 9.97 Å². The Bertz CT molecular complexity index is 1150. The molecule has 0 saturated heterocycles. The van der Waals surface area contributed by atoms with Gasteiger partial charge in [0.1, 0.15) is 15.7 Å². The summed E-state index contributed by atoms with van der Waals surface area (Å²) in [6, 6.07) is 5.03. The van der Waals surface area contributed by atoms with E-state index in [1.165, 1.54) is 46.8 Å². The maximum atomic E-state index is 13.2. The number of carbonyl (C=O) groups excluding carboxylic acids is 1. The highest BCUT2D eigenvalue weighted by molar-refractivity contribution is 8.00. The number of hydrogen-bond acceptors (Lipinski definition) is 5. The van der Waals surface area contributed by atoms with Crippen LogP contribution in [0.1, 0.15) is 53.4 Å². The van der Waals surface area contributed by atoms with Crippen molar-refractivity contribution in [3.8, 4) is 0 Å². The largest absolute Gasteiger partial charge is 0.418 e.